The predicted molar refractivity (Wildman–Crippen MR) is 242 cm³/mol. The molecule has 16 heteroatoms. The molecule has 2 amide bonds. The minimum Gasteiger partial charge on any atom is -0.497 e. The quantitative estimate of drug-likeness (QED) is 0.0542. The number of rotatable bonds is 23. The zero-order valence-corrected chi connectivity index (χ0v) is 38.3. The van der Waals surface area contributed by atoms with Gasteiger partial charge in [0.1, 0.15) is 40.6 Å². The van der Waals surface area contributed by atoms with Crippen LogP contribution in [0.5, 0.6) is 23.0 Å². The number of carboxylic acids is 1. The number of ketones is 2. The van der Waals surface area contributed by atoms with E-state index in [1.165, 1.54) is 45.0 Å². The van der Waals surface area contributed by atoms with Crippen molar-refractivity contribution in [3.63, 3.8) is 0 Å². The van der Waals surface area contributed by atoms with Gasteiger partial charge in [-0.3, -0.25) is 19.2 Å². The van der Waals surface area contributed by atoms with Crippen LogP contribution in [0.4, 0.5) is 0 Å². The maximum atomic E-state index is 12.8. The lowest BCUT2D eigenvalue weighted by molar-refractivity contribution is -0.147. The predicted octanol–water partition coefficient (Wildman–Crippen LogP) is 6.38. The summed E-state index contributed by atoms with van der Waals surface area (Å²) in [6.07, 6.45) is 1.18. The summed E-state index contributed by atoms with van der Waals surface area (Å²) in [4.78, 5) is 95.3. The van der Waals surface area contributed by atoms with Crippen molar-refractivity contribution in [1.29, 1.82) is 0 Å². The number of hydrogen-bond acceptors (Lipinski definition) is 13. The molecule has 0 spiro atoms. The van der Waals surface area contributed by atoms with E-state index < -0.39 is 47.3 Å². The average Bonchev–Trinajstić information content (AvgIpc) is 3.30. The molecule has 16 nitrogen and oxygen atoms in total. The molecule has 0 saturated carbocycles. The first-order valence-corrected chi connectivity index (χ1v) is 21.2. The fourth-order valence-corrected chi connectivity index (χ4v) is 6.11. The van der Waals surface area contributed by atoms with Gasteiger partial charge in [0.15, 0.2) is 5.54 Å². The topological polar surface area (TPSA) is 227 Å². The number of carbonyl (C=O) groups excluding carboxylic acids is 7. The first kappa shape index (κ1) is 53.0. The molecule has 4 rings (SSSR count). The minimum absolute atomic E-state index is 0.0184. The van der Waals surface area contributed by atoms with Gasteiger partial charge in [-0.25, -0.2) is 9.59 Å². The van der Waals surface area contributed by atoms with E-state index in [1.54, 1.807) is 76.6 Å². The first-order chi connectivity index (χ1) is 31.4. The van der Waals surface area contributed by atoms with Crippen molar-refractivity contribution < 1.29 is 67.1 Å². The van der Waals surface area contributed by atoms with Crippen molar-refractivity contribution >= 4 is 47.3 Å². The zero-order chi connectivity index (χ0) is 48.8. The number of hydrogen-bond donors (Lipinski definition) is 3. The molecule has 0 aromatic heterocycles. The molecule has 0 fully saturated rings. The third-order valence-electron chi connectivity index (χ3n) is 10.1. The Hall–Kier alpha value is -7.36. The van der Waals surface area contributed by atoms with Crippen LogP contribution in [0.1, 0.15) is 94.9 Å². The molecule has 4 aromatic carbocycles. The van der Waals surface area contributed by atoms with Crippen molar-refractivity contribution in [3.05, 3.63) is 119 Å². The summed E-state index contributed by atoms with van der Waals surface area (Å²) >= 11 is 0. The van der Waals surface area contributed by atoms with E-state index in [0.717, 1.165) is 16.9 Å². The normalized spacial score (nSPS) is 12.3. The average molecular weight is 911 g/mol. The maximum Gasteiger partial charge on any atom is 0.333 e. The van der Waals surface area contributed by atoms with Gasteiger partial charge in [0.2, 0.25) is 11.8 Å². The molecule has 0 heterocycles. The number of aryl methyl sites for hydroxylation is 1. The Morgan fingerprint density at radius 3 is 1.53 bits per heavy atom. The number of Topliss-reactive ketones (excluding diaryl/α,β-unsaturated/α-hetero) is 2. The molecule has 0 aliphatic rings. The van der Waals surface area contributed by atoms with E-state index in [2.05, 4.69) is 10.6 Å². The van der Waals surface area contributed by atoms with E-state index in [4.69, 9.17) is 23.7 Å². The van der Waals surface area contributed by atoms with Crippen LogP contribution in [0, 0.1) is 0 Å². The van der Waals surface area contributed by atoms with E-state index in [1.807, 2.05) is 24.3 Å². The highest BCUT2D eigenvalue weighted by atomic mass is 16.5. The van der Waals surface area contributed by atoms with Gasteiger partial charge in [0.25, 0.3) is 0 Å². The SMILES string of the molecule is CCOC(=O)C(Cc1ccc(OC(=O)CCC(C)=O)cc1)NC(=O)CCc1ccc(OC)cc1.COc1ccc(C(C)C(=O)NC(C)(C(=O)O)c2ccc(OC(=O)CCC(C)=O)cc2)cc1. The monoisotopic (exact) mass is 910 g/mol. The van der Waals surface area contributed by atoms with Gasteiger partial charge < -0.3 is 49.0 Å². The Morgan fingerprint density at radius 2 is 1.08 bits per heavy atom. The van der Waals surface area contributed by atoms with E-state index in [9.17, 15) is 43.5 Å². The van der Waals surface area contributed by atoms with Gasteiger partial charge in [-0.05, 0) is 112 Å². The van der Waals surface area contributed by atoms with Crippen LogP contribution < -0.4 is 29.6 Å². The molecule has 0 aliphatic heterocycles. The van der Waals surface area contributed by atoms with E-state index in [0.29, 0.717) is 29.0 Å². The van der Waals surface area contributed by atoms with Gasteiger partial charge in [-0.15, -0.1) is 0 Å². The fourth-order valence-electron chi connectivity index (χ4n) is 6.11. The summed E-state index contributed by atoms with van der Waals surface area (Å²) in [5, 5.41) is 15.2. The second kappa shape index (κ2) is 26.4. The van der Waals surface area contributed by atoms with Crippen molar-refractivity contribution in [3.8, 4) is 23.0 Å². The van der Waals surface area contributed by atoms with E-state index in [-0.39, 0.29) is 68.4 Å². The van der Waals surface area contributed by atoms with Gasteiger partial charge in [-0.2, -0.15) is 0 Å². The van der Waals surface area contributed by atoms with Crippen LogP contribution in [0.3, 0.4) is 0 Å². The summed E-state index contributed by atoms with van der Waals surface area (Å²) in [6.45, 7) is 7.78. The minimum atomic E-state index is -1.70. The molecule has 3 unspecified atom stereocenters. The molecular weight excluding hydrogens is 853 g/mol. The third kappa shape index (κ3) is 17.7. The summed E-state index contributed by atoms with van der Waals surface area (Å²) in [5.74, 6) is -2.36. The van der Waals surface area contributed by atoms with E-state index >= 15 is 0 Å². The Morgan fingerprint density at radius 1 is 0.621 bits per heavy atom. The summed E-state index contributed by atoms with van der Waals surface area (Å²) < 4.78 is 25.7. The molecule has 3 N–H and O–H groups in total. The lowest BCUT2D eigenvalue weighted by atomic mass is 9.90. The summed E-state index contributed by atoms with van der Waals surface area (Å²) in [5.41, 5.74) is 1.07. The smallest absolute Gasteiger partial charge is 0.333 e. The Kier molecular flexibility index (Phi) is 21.2. The molecule has 0 radical (unpaired) electrons. The molecule has 3 atom stereocenters. The number of amides is 2. The van der Waals surface area contributed by atoms with Gasteiger partial charge >= 0.3 is 23.9 Å². The highest BCUT2D eigenvalue weighted by Gasteiger charge is 2.38. The number of carbonyl (C=O) groups is 8. The highest BCUT2D eigenvalue weighted by molar-refractivity contribution is 5.91. The maximum absolute atomic E-state index is 12.8. The Balaban J connectivity index is 0.000000351. The second-order valence-corrected chi connectivity index (χ2v) is 15.4. The van der Waals surface area contributed by atoms with Crippen LogP contribution >= 0.6 is 0 Å². The van der Waals surface area contributed by atoms with Gasteiger partial charge in [-0.1, -0.05) is 48.5 Å². The lowest BCUT2D eigenvalue weighted by Gasteiger charge is -2.28. The first-order valence-electron chi connectivity index (χ1n) is 21.2. The van der Waals surface area contributed by atoms with Crippen LogP contribution in [0.2, 0.25) is 0 Å². The molecule has 0 bridgehead atoms. The van der Waals surface area contributed by atoms with Crippen molar-refractivity contribution in [2.45, 2.75) is 97.1 Å². The zero-order valence-electron chi connectivity index (χ0n) is 38.3. The van der Waals surface area contributed by atoms with Crippen molar-refractivity contribution in [1.82, 2.24) is 10.6 Å². The third-order valence-corrected chi connectivity index (χ3v) is 10.1. The summed E-state index contributed by atoms with van der Waals surface area (Å²) in [7, 11) is 3.14. The molecular formula is C50H58N2O14. The molecule has 0 saturated heterocycles. The van der Waals surface area contributed by atoms with Gasteiger partial charge in [0.05, 0.1) is 39.6 Å². The Labute approximate surface area is 384 Å². The van der Waals surface area contributed by atoms with Gasteiger partial charge in [0, 0.05) is 25.7 Å². The number of benzene rings is 4. The number of esters is 3. The number of aliphatic carboxylic acids is 1. The summed E-state index contributed by atoms with van der Waals surface area (Å²) in [6, 6.07) is 26.0. The number of carboxylic acid groups (broad SMARTS) is 1. The molecule has 352 valence electrons. The molecule has 66 heavy (non-hydrogen) atoms. The number of methoxy groups -OCH3 is 2. The highest BCUT2D eigenvalue weighted by Crippen LogP contribution is 2.27. The Bertz CT molecular complexity index is 2270. The van der Waals surface area contributed by atoms with Crippen LogP contribution in [-0.4, -0.2) is 79.2 Å². The lowest BCUT2D eigenvalue weighted by Crippen LogP contribution is -2.50. The van der Waals surface area contributed by atoms with Crippen LogP contribution in [0.15, 0.2) is 97.1 Å². The largest absolute Gasteiger partial charge is 0.497 e. The van der Waals surface area contributed by atoms with Crippen molar-refractivity contribution in [2.24, 2.45) is 0 Å². The molecule has 4 aromatic rings. The number of ether oxygens (including phenoxy) is 5. The van der Waals surface area contributed by atoms with Crippen molar-refractivity contribution in [2.75, 3.05) is 20.8 Å². The number of nitrogens with one attached hydrogen (secondary N) is 2. The van der Waals surface area contributed by atoms with Crippen LogP contribution in [-0.2, 0) is 61.5 Å². The second-order valence-electron chi connectivity index (χ2n) is 15.4. The molecule has 0 aliphatic carbocycles. The fraction of sp³-hybridized carbons (Fsp3) is 0.360. The standard InChI is InChI=1S/C26H31NO7.C24H27NO7/c1-4-33-26(31)23(27-24(29)15-10-19-6-11-21(32-3)12-7-19)17-20-8-13-22(14-9-20)34-25(30)16-5-18(2)28;1-15(26)5-14-21(27)32-20-12-8-18(9-13-20)24(3,23(29)30)25-22(28)16(2)17-6-10-19(31-4)11-7-17/h6-9,11-14,23H,4-5,10,15-17H2,1-3H3,(H,27,29);6-13,16H,5,14H2,1-4H3,(H,25,28)(H,29,30). The van der Waals surface area contributed by atoms with Crippen LogP contribution in [0.25, 0.3) is 0 Å².